The maximum Gasteiger partial charge on any atom is 0.306 e. The highest BCUT2D eigenvalue weighted by atomic mass is 19.1. The number of para-hydroxylation sites is 1. The molecule has 1 aromatic carbocycles. The van der Waals surface area contributed by atoms with Crippen LogP contribution in [-0.2, 0) is 4.79 Å². The molecule has 0 aliphatic carbocycles. The van der Waals surface area contributed by atoms with E-state index in [1.165, 1.54) is 23.0 Å². The topological polar surface area (TPSA) is 75.4 Å². The minimum Gasteiger partial charge on any atom is -0.481 e. The normalized spacial score (nSPS) is 15.6. The van der Waals surface area contributed by atoms with Crippen molar-refractivity contribution in [3.05, 3.63) is 48.0 Å². The van der Waals surface area contributed by atoms with Crippen LogP contribution in [0.3, 0.4) is 0 Å². The molecule has 1 amide bonds. The first-order chi connectivity index (χ1) is 11.1. The number of hydrogen-bond acceptors (Lipinski definition) is 3. The van der Waals surface area contributed by atoms with Crippen LogP contribution in [0, 0.1) is 11.7 Å². The number of carboxylic acid groups (broad SMARTS) is 1. The summed E-state index contributed by atoms with van der Waals surface area (Å²) in [6, 6.07) is 7.72. The SMILES string of the molecule is O=C(O)C1CCN(C(=O)c2ccn(-c3ccccc3F)n2)CC1. The molecule has 0 radical (unpaired) electrons. The number of halogens is 1. The van der Waals surface area contributed by atoms with Crippen molar-refractivity contribution in [1.82, 2.24) is 14.7 Å². The predicted molar refractivity (Wildman–Crippen MR) is 79.8 cm³/mol. The summed E-state index contributed by atoms with van der Waals surface area (Å²) in [5, 5.41) is 13.1. The molecule has 1 N–H and O–H groups in total. The molecule has 1 fully saturated rings. The van der Waals surface area contributed by atoms with Crippen molar-refractivity contribution >= 4 is 11.9 Å². The maximum absolute atomic E-state index is 13.7. The second kappa shape index (κ2) is 6.20. The van der Waals surface area contributed by atoms with Crippen molar-refractivity contribution in [2.24, 2.45) is 5.92 Å². The lowest BCUT2D eigenvalue weighted by Gasteiger charge is -2.29. The number of rotatable bonds is 3. The Balaban J connectivity index is 1.72. The van der Waals surface area contributed by atoms with E-state index < -0.39 is 17.7 Å². The Hall–Kier alpha value is -2.70. The molecule has 1 aliphatic rings. The number of carbonyl (C=O) groups is 2. The number of carbonyl (C=O) groups excluding carboxylic acids is 1. The molecular formula is C16H16FN3O3. The molecule has 0 saturated carbocycles. The Kier molecular flexibility index (Phi) is 4.10. The van der Waals surface area contributed by atoms with E-state index in [1.54, 1.807) is 23.1 Å². The minimum atomic E-state index is -0.819. The number of nitrogens with zero attached hydrogens (tertiary/aromatic N) is 3. The minimum absolute atomic E-state index is 0.224. The van der Waals surface area contributed by atoms with Crippen LogP contribution in [0.25, 0.3) is 5.69 Å². The van der Waals surface area contributed by atoms with Gasteiger partial charge in [-0.25, -0.2) is 9.07 Å². The highest BCUT2D eigenvalue weighted by Crippen LogP contribution is 2.19. The lowest BCUT2D eigenvalue weighted by molar-refractivity contribution is -0.143. The van der Waals surface area contributed by atoms with Crippen molar-refractivity contribution in [3.63, 3.8) is 0 Å². The van der Waals surface area contributed by atoms with Crippen LogP contribution in [0.4, 0.5) is 4.39 Å². The molecular weight excluding hydrogens is 301 g/mol. The van der Waals surface area contributed by atoms with Gasteiger partial charge in [0, 0.05) is 19.3 Å². The molecule has 2 heterocycles. The predicted octanol–water partition coefficient (Wildman–Crippen LogP) is 1.95. The first-order valence-electron chi connectivity index (χ1n) is 7.39. The van der Waals surface area contributed by atoms with Gasteiger partial charge in [-0.1, -0.05) is 12.1 Å². The first kappa shape index (κ1) is 15.2. The molecule has 3 rings (SSSR count). The summed E-state index contributed by atoms with van der Waals surface area (Å²) in [4.78, 5) is 24.9. The van der Waals surface area contributed by atoms with E-state index in [0.717, 1.165) is 0 Å². The number of benzene rings is 1. The number of amides is 1. The third-order valence-corrected chi connectivity index (χ3v) is 4.04. The molecule has 1 saturated heterocycles. The molecule has 7 heteroatoms. The zero-order valence-corrected chi connectivity index (χ0v) is 12.4. The van der Waals surface area contributed by atoms with E-state index in [-0.39, 0.29) is 17.3 Å². The summed E-state index contributed by atoms with van der Waals surface area (Å²) in [6.07, 6.45) is 2.42. The van der Waals surface area contributed by atoms with Gasteiger partial charge in [-0.3, -0.25) is 9.59 Å². The van der Waals surface area contributed by atoms with Crippen LogP contribution in [0.1, 0.15) is 23.3 Å². The van der Waals surface area contributed by atoms with Crippen LogP contribution < -0.4 is 0 Å². The molecule has 0 unspecified atom stereocenters. The molecule has 6 nitrogen and oxygen atoms in total. The summed E-state index contributed by atoms with van der Waals surface area (Å²) in [7, 11) is 0. The third-order valence-electron chi connectivity index (χ3n) is 4.04. The van der Waals surface area contributed by atoms with Crippen LogP contribution in [0.5, 0.6) is 0 Å². The molecule has 120 valence electrons. The molecule has 23 heavy (non-hydrogen) atoms. The van der Waals surface area contributed by atoms with Gasteiger partial charge in [0.25, 0.3) is 5.91 Å². The quantitative estimate of drug-likeness (QED) is 0.939. The summed E-state index contributed by atoms with van der Waals surface area (Å²) in [5.74, 6) is -1.89. The van der Waals surface area contributed by atoms with Gasteiger partial charge in [0.05, 0.1) is 5.92 Å². The van der Waals surface area contributed by atoms with E-state index in [1.807, 2.05) is 0 Å². The Bertz CT molecular complexity index is 736. The average molecular weight is 317 g/mol. The Morgan fingerprint density at radius 1 is 1.17 bits per heavy atom. The van der Waals surface area contributed by atoms with Crippen molar-refractivity contribution in [3.8, 4) is 5.69 Å². The van der Waals surface area contributed by atoms with E-state index in [2.05, 4.69) is 5.10 Å². The van der Waals surface area contributed by atoms with Gasteiger partial charge in [-0.15, -0.1) is 0 Å². The molecule has 0 bridgehead atoms. The largest absolute Gasteiger partial charge is 0.481 e. The van der Waals surface area contributed by atoms with Gasteiger partial charge in [0.15, 0.2) is 5.69 Å². The first-order valence-corrected chi connectivity index (χ1v) is 7.39. The van der Waals surface area contributed by atoms with Crippen LogP contribution in [-0.4, -0.2) is 44.8 Å². The second-order valence-electron chi connectivity index (χ2n) is 5.50. The van der Waals surface area contributed by atoms with Crippen molar-refractivity contribution in [1.29, 1.82) is 0 Å². The summed E-state index contributed by atoms with van der Waals surface area (Å²) >= 11 is 0. The van der Waals surface area contributed by atoms with E-state index in [0.29, 0.717) is 25.9 Å². The number of aliphatic carboxylic acids is 1. The Labute approximate surface area is 132 Å². The lowest BCUT2D eigenvalue weighted by atomic mass is 9.97. The fourth-order valence-corrected chi connectivity index (χ4v) is 2.70. The lowest BCUT2D eigenvalue weighted by Crippen LogP contribution is -2.40. The van der Waals surface area contributed by atoms with Crippen LogP contribution in [0.2, 0.25) is 0 Å². The van der Waals surface area contributed by atoms with Crippen LogP contribution >= 0.6 is 0 Å². The Morgan fingerprint density at radius 3 is 2.52 bits per heavy atom. The number of hydrogen-bond donors (Lipinski definition) is 1. The number of carboxylic acids is 1. The Morgan fingerprint density at radius 2 is 1.87 bits per heavy atom. The highest BCUT2D eigenvalue weighted by Gasteiger charge is 2.28. The molecule has 0 atom stereocenters. The van der Waals surface area contributed by atoms with Gasteiger partial charge in [-0.2, -0.15) is 5.10 Å². The van der Waals surface area contributed by atoms with Gasteiger partial charge < -0.3 is 10.0 Å². The van der Waals surface area contributed by atoms with Gasteiger partial charge >= 0.3 is 5.97 Å². The highest BCUT2D eigenvalue weighted by molar-refractivity contribution is 5.92. The summed E-state index contributed by atoms with van der Waals surface area (Å²) < 4.78 is 15.1. The molecule has 0 spiro atoms. The van der Waals surface area contributed by atoms with Crippen LogP contribution in [0.15, 0.2) is 36.5 Å². The third kappa shape index (κ3) is 3.08. The van der Waals surface area contributed by atoms with Gasteiger partial charge in [0.2, 0.25) is 0 Å². The number of likely N-dealkylation sites (tertiary alicyclic amines) is 1. The number of piperidine rings is 1. The van der Waals surface area contributed by atoms with E-state index in [9.17, 15) is 14.0 Å². The fourth-order valence-electron chi connectivity index (χ4n) is 2.70. The fraction of sp³-hybridized carbons (Fsp3) is 0.312. The van der Waals surface area contributed by atoms with Gasteiger partial charge in [0.1, 0.15) is 11.5 Å². The molecule has 1 aromatic heterocycles. The monoisotopic (exact) mass is 317 g/mol. The zero-order valence-electron chi connectivity index (χ0n) is 12.4. The zero-order chi connectivity index (χ0) is 16.4. The summed E-state index contributed by atoms with van der Waals surface area (Å²) in [5.41, 5.74) is 0.498. The average Bonchev–Trinajstić information content (AvgIpc) is 3.04. The maximum atomic E-state index is 13.7. The summed E-state index contributed by atoms with van der Waals surface area (Å²) in [6.45, 7) is 0.782. The molecule has 1 aliphatic heterocycles. The molecule has 2 aromatic rings. The van der Waals surface area contributed by atoms with Gasteiger partial charge in [-0.05, 0) is 31.0 Å². The second-order valence-corrected chi connectivity index (χ2v) is 5.50. The standard InChI is InChI=1S/C16H16FN3O3/c17-12-3-1-2-4-14(12)20-10-7-13(18-20)15(21)19-8-5-11(6-9-19)16(22)23/h1-4,7,10-11H,5-6,8-9H2,(H,22,23). The van der Waals surface area contributed by atoms with Crippen molar-refractivity contribution in [2.75, 3.05) is 13.1 Å². The van der Waals surface area contributed by atoms with Crippen molar-refractivity contribution in [2.45, 2.75) is 12.8 Å². The van der Waals surface area contributed by atoms with E-state index >= 15 is 0 Å². The van der Waals surface area contributed by atoms with Crippen molar-refractivity contribution < 1.29 is 19.1 Å². The van der Waals surface area contributed by atoms with E-state index in [4.69, 9.17) is 5.11 Å². The number of aromatic nitrogens is 2. The smallest absolute Gasteiger partial charge is 0.306 e.